The van der Waals surface area contributed by atoms with E-state index in [1.807, 2.05) is 23.7 Å². The fourth-order valence-electron chi connectivity index (χ4n) is 1.95. The minimum atomic E-state index is 0.568. The van der Waals surface area contributed by atoms with Gasteiger partial charge < -0.3 is 4.57 Å². The Kier molecular flexibility index (Phi) is 2.27. The Balaban J connectivity index is 2.34. The minimum Gasteiger partial charge on any atom is -0.326 e. The van der Waals surface area contributed by atoms with Crippen LogP contribution >= 0.6 is 0 Å². The van der Waals surface area contributed by atoms with Gasteiger partial charge in [0.2, 0.25) is 0 Å². The molecule has 0 fully saturated rings. The SMILES string of the molecule is Cn1c(-c2cnccn2)nc2c(C#N)cccc21. The van der Waals surface area contributed by atoms with Crippen molar-refractivity contribution in [3.8, 4) is 17.6 Å². The number of hydrogen-bond donors (Lipinski definition) is 0. The van der Waals surface area contributed by atoms with Crippen LogP contribution in [0.1, 0.15) is 5.56 Å². The van der Waals surface area contributed by atoms with Crippen LogP contribution in [0, 0.1) is 11.3 Å². The smallest absolute Gasteiger partial charge is 0.161 e. The van der Waals surface area contributed by atoms with Crippen LogP contribution in [0.3, 0.4) is 0 Å². The zero-order valence-corrected chi connectivity index (χ0v) is 9.70. The fraction of sp³-hybridized carbons (Fsp3) is 0.0769. The molecule has 0 saturated heterocycles. The van der Waals surface area contributed by atoms with Gasteiger partial charge in [-0.25, -0.2) is 9.97 Å². The van der Waals surface area contributed by atoms with E-state index in [2.05, 4.69) is 21.0 Å². The van der Waals surface area contributed by atoms with E-state index in [1.165, 1.54) is 0 Å². The van der Waals surface area contributed by atoms with Crippen LogP contribution in [-0.2, 0) is 7.05 Å². The molecule has 0 amide bonds. The summed E-state index contributed by atoms with van der Waals surface area (Å²) in [6, 6.07) is 7.69. The van der Waals surface area contributed by atoms with E-state index < -0.39 is 0 Å². The fourth-order valence-corrected chi connectivity index (χ4v) is 1.95. The normalized spacial score (nSPS) is 10.4. The third-order valence-electron chi connectivity index (χ3n) is 2.82. The Bertz CT molecular complexity index is 752. The summed E-state index contributed by atoms with van der Waals surface area (Å²) in [6.45, 7) is 0. The lowest BCUT2D eigenvalue weighted by Gasteiger charge is -2.00. The second-order valence-corrected chi connectivity index (χ2v) is 3.87. The molecule has 2 heterocycles. The van der Waals surface area contributed by atoms with Crippen LogP contribution in [0.5, 0.6) is 0 Å². The Morgan fingerprint density at radius 1 is 1.28 bits per heavy atom. The largest absolute Gasteiger partial charge is 0.326 e. The van der Waals surface area contributed by atoms with E-state index in [-0.39, 0.29) is 0 Å². The predicted octanol–water partition coefficient (Wildman–Crippen LogP) is 1.90. The van der Waals surface area contributed by atoms with Crippen molar-refractivity contribution in [3.05, 3.63) is 42.4 Å². The standard InChI is InChI=1S/C13H9N5/c1-18-11-4-2-3-9(7-14)12(11)17-13(18)10-8-15-5-6-16-10/h2-6,8H,1H3. The molecule has 1 aromatic carbocycles. The monoisotopic (exact) mass is 235 g/mol. The quantitative estimate of drug-likeness (QED) is 0.646. The lowest BCUT2D eigenvalue weighted by Crippen LogP contribution is -1.94. The van der Waals surface area contributed by atoms with Crippen LogP contribution in [0.4, 0.5) is 0 Å². The number of nitriles is 1. The molecule has 86 valence electrons. The molecular weight excluding hydrogens is 226 g/mol. The zero-order chi connectivity index (χ0) is 12.5. The summed E-state index contributed by atoms with van der Waals surface area (Å²) in [6.07, 6.45) is 4.90. The maximum atomic E-state index is 9.08. The van der Waals surface area contributed by atoms with Crippen molar-refractivity contribution < 1.29 is 0 Å². The summed E-state index contributed by atoms with van der Waals surface area (Å²) in [5.74, 6) is 0.709. The second kappa shape index (κ2) is 3.93. The van der Waals surface area contributed by atoms with Crippen molar-refractivity contribution in [2.45, 2.75) is 0 Å². The highest BCUT2D eigenvalue weighted by atomic mass is 15.1. The summed E-state index contributed by atoms with van der Waals surface area (Å²) in [7, 11) is 1.90. The number of imidazole rings is 1. The molecule has 0 atom stereocenters. The number of hydrogen-bond acceptors (Lipinski definition) is 4. The summed E-state index contributed by atoms with van der Waals surface area (Å²) < 4.78 is 1.92. The van der Waals surface area contributed by atoms with Gasteiger partial charge in [-0.1, -0.05) is 6.07 Å². The van der Waals surface area contributed by atoms with Crippen molar-refractivity contribution in [1.82, 2.24) is 19.5 Å². The molecule has 5 nitrogen and oxygen atoms in total. The third kappa shape index (κ3) is 1.44. The topological polar surface area (TPSA) is 67.4 Å². The van der Waals surface area contributed by atoms with Crippen LogP contribution in [-0.4, -0.2) is 19.5 Å². The molecule has 0 saturated carbocycles. The summed E-state index contributed by atoms with van der Waals surface area (Å²) >= 11 is 0. The number of benzene rings is 1. The highest BCUT2D eigenvalue weighted by molar-refractivity contribution is 5.84. The zero-order valence-electron chi connectivity index (χ0n) is 9.70. The van der Waals surface area contributed by atoms with Crippen molar-refractivity contribution in [3.63, 3.8) is 0 Å². The Labute approximate surface area is 103 Å². The Morgan fingerprint density at radius 2 is 2.17 bits per heavy atom. The molecule has 0 spiro atoms. The summed E-state index contributed by atoms with van der Waals surface area (Å²) in [5.41, 5.74) is 2.87. The molecule has 5 heteroatoms. The minimum absolute atomic E-state index is 0.568. The number of aryl methyl sites for hydroxylation is 1. The van der Waals surface area contributed by atoms with Gasteiger partial charge in [0.25, 0.3) is 0 Å². The first kappa shape index (κ1) is 10.4. The number of aromatic nitrogens is 4. The highest BCUT2D eigenvalue weighted by Crippen LogP contribution is 2.23. The third-order valence-corrected chi connectivity index (χ3v) is 2.82. The van der Waals surface area contributed by atoms with Gasteiger partial charge in [-0.05, 0) is 12.1 Å². The first-order chi connectivity index (χ1) is 8.81. The van der Waals surface area contributed by atoms with Crippen LogP contribution in [0.15, 0.2) is 36.8 Å². The average molecular weight is 235 g/mol. The first-order valence-corrected chi connectivity index (χ1v) is 5.43. The second-order valence-electron chi connectivity index (χ2n) is 3.87. The van der Waals surface area contributed by atoms with Crippen molar-refractivity contribution in [2.24, 2.45) is 7.05 Å². The lowest BCUT2D eigenvalue weighted by atomic mass is 10.2. The Hall–Kier alpha value is -2.74. The predicted molar refractivity (Wildman–Crippen MR) is 66.5 cm³/mol. The van der Waals surface area contributed by atoms with E-state index in [4.69, 9.17) is 5.26 Å². The van der Waals surface area contributed by atoms with E-state index in [9.17, 15) is 0 Å². The van der Waals surface area contributed by atoms with Gasteiger partial charge in [0.05, 0.1) is 17.3 Å². The molecule has 0 aliphatic heterocycles. The van der Waals surface area contributed by atoms with Gasteiger partial charge in [0, 0.05) is 19.4 Å². The number of fused-ring (bicyclic) bond motifs is 1. The highest BCUT2D eigenvalue weighted by Gasteiger charge is 2.13. The molecule has 18 heavy (non-hydrogen) atoms. The first-order valence-electron chi connectivity index (χ1n) is 5.43. The molecule has 2 aromatic heterocycles. The van der Waals surface area contributed by atoms with Crippen molar-refractivity contribution in [2.75, 3.05) is 0 Å². The van der Waals surface area contributed by atoms with Gasteiger partial charge in [-0.3, -0.25) is 4.98 Å². The molecule has 0 N–H and O–H groups in total. The van der Waals surface area contributed by atoms with Gasteiger partial charge >= 0.3 is 0 Å². The number of rotatable bonds is 1. The van der Waals surface area contributed by atoms with Crippen molar-refractivity contribution >= 4 is 11.0 Å². The number of para-hydroxylation sites is 1. The van der Waals surface area contributed by atoms with Gasteiger partial charge in [0.15, 0.2) is 5.82 Å². The van der Waals surface area contributed by atoms with Crippen LogP contribution in [0.25, 0.3) is 22.6 Å². The van der Waals surface area contributed by atoms with E-state index in [0.29, 0.717) is 22.6 Å². The number of nitrogens with zero attached hydrogens (tertiary/aromatic N) is 5. The lowest BCUT2D eigenvalue weighted by molar-refractivity contribution is 0.946. The molecule has 3 rings (SSSR count). The van der Waals surface area contributed by atoms with Gasteiger partial charge in [0.1, 0.15) is 17.3 Å². The van der Waals surface area contributed by atoms with E-state index in [1.54, 1.807) is 24.7 Å². The van der Waals surface area contributed by atoms with Crippen LogP contribution in [0.2, 0.25) is 0 Å². The molecular formula is C13H9N5. The molecule has 0 bridgehead atoms. The molecule has 0 unspecified atom stereocenters. The van der Waals surface area contributed by atoms with Crippen molar-refractivity contribution in [1.29, 1.82) is 5.26 Å². The van der Waals surface area contributed by atoms with E-state index in [0.717, 1.165) is 5.52 Å². The van der Waals surface area contributed by atoms with Gasteiger partial charge in [-0.2, -0.15) is 5.26 Å². The van der Waals surface area contributed by atoms with E-state index >= 15 is 0 Å². The molecule has 0 aliphatic rings. The van der Waals surface area contributed by atoms with Gasteiger partial charge in [-0.15, -0.1) is 0 Å². The molecule has 3 aromatic rings. The Morgan fingerprint density at radius 3 is 2.89 bits per heavy atom. The summed E-state index contributed by atoms with van der Waals surface area (Å²) in [5, 5.41) is 9.08. The maximum Gasteiger partial charge on any atom is 0.161 e. The average Bonchev–Trinajstić information content (AvgIpc) is 2.77. The maximum absolute atomic E-state index is 9.08. The molecule has 0 aliphatic carbocycles. The molecule has 0 radical (unpaired) electrons. The summed E-state index contributed by atoms with van der Waals surface area (Å²) in [4.78, 5) is 12.8. The van der Waals surface area contributed by atoms with Crippen LogP contribution < -0.4 is 0 Å².